The minimum Gasteiger partial charge on any atom is -0.451 e. The minimum atomic E-state index is -0.487. The number of likely N-dealkylation sites (tertiary alicyclic amines) is 1. The molecule has 3 aliphatic heterocycles. The SMILES string of the molecule is CC.CN1CC2CCC(C1)N2C(=O)C1CC(=O)O1. The molecule has 0 aromatic carbocycles. The molecule has 3 aliphatic rings. The van der Waals surface area contributed by atoms with Gasteiger partial charge in [0.2, 0.25) is 0 Å². The predicted octanol–water partition coefficient (Wildman–Crippen LogP) is 0.633. The van der Waals surface area contributed by atoms with Crippen molar-refractivity contribution in [3.63, 3.8) is 0 Å². The van der Waals surface area contributed by atoms with E-state index in [0.29, 0.717) is 12.1 Å². The van der Waals surface area contributed by atoms with Crippen molar-refractivity contribution in [1.29, 1.82) is 0 Å². The molecule has 0 aromatic rings. The Morgan fingerprint density at radius 2 is 1.72 bits per heavy atom. The fourth-order valence-corrected chi connectivity index (χ4v) is 3.08. The summed E-state index contributed by atoms with van der Waals surface area (Å²) in [5.41, 5.74) is 0. The summed E-state index contributed by atoms with van der Waals surface area (Å²) >= 11 is 0. The van der Waals surface area contributed by atoms with Gasteiger partial charge in [0.25, 0.3) is 5.91 Å². The molecule has 3 rings (SSSR count). The molecule has 2 bridgehead atoms. The maximum Gasteiger partial charge on any atom is 0.310 e. The number of hydrogen-bond donors (Lipinski definition) is 0. The van der Waals surface area contributed by atoms with Gasteiger partial charge < -0.3 is 14.5 Å². The van der Waals surface area contributed by atoms with Gasteiger partial charge >= 0.3 is 5.97 Å². The number of carbonyl (C=O) groups excluding carboxylic acids is 2. The van der Waals surface area contributed by atoms with Crippen molar-refractivity contribution < 1.29 is 14.3 Å². The van der Waals surface area contributed by atoms with Gasteiger partial charge in [-0.05, 0) is 19.9 Å². The number of nitrogens with zero attached hydrogens (tertiary/aromatic N) is 2. The minimum absolute atomic E-state index is 0.0280. The van der Waals surface area contributed by atoms with Gasteiger partial charge in [-0.25, -0.2) is 0 Å². The van der Waals surface area contributed by atoms with E-state index in [1.54, 1.807) is 0 Å². The molecule has 0 radical (unpaired) electrons. The molecular weight excluding hydrogens is 232 g/mol. The Hall–Kier alpha value is -1.10. The van der Waals surface area contributed by atoms with E-state index in [1.165, 1.54) is 0 Å². The monoisotopic (exact) mass is 254 g/mol. The van der Waals surface area contributed by atoms with Crippen molar-refractivity contribution in [2.24, 2.45) is 0 Å². The molecule has 3 heterocycles. The smallest absolute Gasteiger partial charge is 0.310 e. The number of piperazine rings is 1. The Morgan fingerprint density at radius 1 is 1.22 bits per heavy atom. The number of fused-ring (bicyclic) bond motifs is 2. The van der Waals surface area contributed by atoms with E-state index in [4.69, 9.17) is 4.74 Å². The van der Waals surface area contributed by atoms with Crippen LogP contribution in [0.15, 0.2) is 0 Å². The Kier molecular flexibility index (Phi) is 3.90. The summed E-state index contributed by atoms with van der Waals surface area (Å²) < 4.78 is 4.86. The third-order valence-corrected chi connectivity index (χ3v) is 3.82. The van der Waals surface area contributed by atoms with Gasteiger partial charge in [-0.3, -0.25) is 9.59 Å². The number of esters is 1. The van der Waals surface area contributed by atoms with Crippen molar-refractivity contribution in [1.82, 2.24) is 9.80 Å². The molecule has 3 saturated heterocycles. The fourth-order valence-electron chi connectivity index (χ4n) is 3.08. The Balaban J connectivity index is 0.000000574. The number of hydrogen-bond acceptors (Lipinski definition) is 4. The van der Waals surface area contributed by atoms with Gasteiger partial charge in [0, 0.05) is 25.2 Å². The van der Waals surface area contributed by atoms with Gasteiger partial charge in [-0.2, -0.15) is 0 Å². The van der Waals surface area contributed by atoms with Crippen molar-refractivity contribution in [2.45, 2.75) is 51.3 Å². The number of amides is 1. The highest BCUT2D eigenvalue weighted by molar-refractivity contribution is 5.92. The van der Waals surface area contributed by atoms with E-state index in [0.717, 1.165) is 25.9 Å². The molecule has 0 aromatic heterocycles. The molecule has 3 fully saturated rings. The van der Waals surface area contributed by atoms with Crippen LogP contribution in [-0.4, -0.2) is 60.0 Å². The summed E-state index contributed by atoms with van der Waals surface area (Å²) in [4.78, 5) is 27.1. The molecule has 0 aliphatic carbocycles. The number of cyclic esters (lactones) is 1. The average Bonchev–Trinajstić information content (AvgIpc) is 2.60. The molecule has 0 saturated carbocycles. The molecular formula is C13H22N2O3. The second kappa shape index (κ2) is 5.26. The lowest BCUT2D eigenvalue weighted by molar-refractivity contribution is -0.181. The zero-order valence-corrected chi connectivity index (χ0v) is 11.4. The second-order valence-electron chi connectivity index (χ2n) is 5.03. The van der Waals surface area contributed by atoms with E-state index < -0.39 is 6.10 Å². The zero-order chi connectivity index (χ0) is 13.3. The molecule has 0 N–H and O–H groups in total. The zero-order valence-electron chi connectivity index (χ0n) is 11.4. The van der Waals surface area contributed by atoms with E-state index in [-0.39, 0.29) is 18.3 Å². The van der Waals surface area contributed by atoms with Crippen LogP contribution >= 0.6 is 0 Å². The largest absolute Gasteiger partial charge is 0.451 e. The highest BCUT2D eigenvalue weighted by Gasteiger charge is 2.47. The van der Waals surface area contributed by atoms with Crippen LogP contribution in [0.2, 0.25) is 0 Å². The molecule has 5 heteroatoms. The third kappa shape index (κ3) is 2.23. The number of carbonyl (C=O) groups is 2. The second-order valence-corrected chi connectivity index (χ2v) is 5.03. The first-order chi connectivity index (χ1) is 8.65. The van der Waals surface area contributed by atoms with Gasteiger partial charge in [-0.1, -0.05) is 13.8 Å². The normalized spacial score (nSPS) is 34.3. The quantitative estimate of drug-likeness (QED) is 0.644. The number of ether oxygens (including phenoxy) is 1. The molecule has 0 spiro atoms. The van der Waals surface area contributed by atoms with Crippen LogP contribution in [-0.2, 0) is 14.3 Å². The molecule has 3 unspecified atom stereocenters. The van der Waals surface area contributed by atoms with Crippen LogP contribution in [0.3, 0.4) is 0 Å². The summed E-state index contributed by atoms with van der Waals surface area (Å²) in [6, 6.07) is 0.658. The van der Waals surface area contributed by atoms with Crippen molar-refractivity contribution in [2.75, 3.05) is 20.1 Å². The van der Waals surface area contributed by atoms with Crippen LogP contribution in [0.4, 0.5) is 0 Å². The van der Waals surface area contributed by atoms with Gasteiger partial charge in [0.05, 0.1) is 6.42 Å². The van der Waals surface area contributed by atoms with E-state index in [9.17, 15) is 9.59 Å². The maximum atomic E-state index is 12.1. The lowest BCUT2D eigenvalue weighted by Gasteiger charge is -2.41. The summed E-state index contributed by atoms with van der Waals surface area (Å²) in [6.45, 7) is 5.89. The fraction of sp³-hybridized carbons (Fsp3) is 0.846. The van der Waals surface area contributed by atoms with Crippen LogP contribution in [0.25, 0.3) is 0 Å². The van der Waals surface area contributed by atoms with Crippen molar-refractivity contribution in [3.05, 3.63) is 0 Å². The van der Waals surface area contributed by atoms with Crippen LogP contribution in [0.1, 0.15) is 33.1 Å². The van der Waals surface area contributed by atoms with E-state index in [2.05, 4.69) is 11.9 Å². The van der Waals surface area contributed by atoms with Gasteiger partial charge in [-0.15, -0.1) is 0 Å². The van der Waals surface area contributed by atoms with Crippen LogP contribution < -0.4 is 0 Å². The Morgan fingerprint density at radius 3 is 2.17 bits per heavy atom. The topological polar surface area (TPSA) is 49.9 Å². The first-order valence-corrected chi connectivity index (χ1v) is 6.85. The van der Waals surface area contributed by atoms with Crippen molar-refractivity contribution in [3.8, 4) is 0 Å². The standard InChI is InChI=1S/C11H16N2O3.C2H6/c1-12-5-7-2-3-8(6-12)13(7)11(15)9-4-10(14)16-9;1-2/h7-9H,2-6H2,1H3;1-2H3. The Bertz CT molecular complexity index is 323. The highest BCUT2D eigenvalue weighted by atomic mass is 16.6. The summed E-state index contributed by atoms with van der Waals surface area (Å²) in [7, 11) is 2.09. The van der Waals surface area contributed by atoms with Crippen LogP contribution in [0.5, 0.6) is 0 Å². The highest BCUT2D eigenvalue weighted by Crippen LogP contribution is 2.31. The van der Waals surface area contributed by atoms with Crippen LogP contribution in [0, 0.1) is 0 Å². The predicted molar refractivity (Wildman–Crippen MR) is 67.0 cm³/mol. The van der Waals surface area contributed by atoms with E-state index >= 15 is 0 Å². The van der Waals surface area contributed by atoms with Crippen molar-refractivity contribution >= 4 is 11.9 Å². The molecule has 102 valence electrons. The lowest BCUT2D eigenvalue weighted by atomic mass is 10.1. The summed E-state index contributed by atoms with van der Waals surface area (Å²) in [5, 5.41) is 0. The maximum absolute atomic E-state index is 12.1. The molecule has 3 atom stereocenters. The summed E-state index contributed by atoms with van der Waals surface area (Å²) in [5.74, 6) is -0.222. The first kappa shape index (κ1) is 13.3. The molecule has 18 heavy (non-hydrogen) atoms. The first-order valence-electron chi connectivity index (χ1n) is 6.85. The van der Waals surface area contributed by atoms with Gasteiger partial charge in [0.15, 0.2) is 6.10 Å². The summed E-state index contributed by atoms with van der Waals surface area (Å²) in [6.07, 6.45) is 1.95. The van der Waals surface area contributed by atoms with E-state index in [1.807, 2.05) is 18.7 Å². The Labute approximate surface area is 108 Å². The average molecular weight is 254 g/mol. The third-order valence-electron chi connectivity index (χ3n) is 3.82. The number of likely N-dealkylation sites (N-methyl/N-ethyl adjacent to an activating group) is 1. The number of rotatable bonds is 1. The molecule has 1 amide bonds. The van der Waals surface area contributed by atoms with Gasteiger partial charge in [0.1, 0.15) is 0 Å². The lowest BCUT2D eigenvalue weighted by Crippen LogP contribution is -2.59. The molecule has 5 nitrogen and oxygen atoms in total.